The molecular formula is C47H51FN12O5. The number of anilines is 4. The number of imide groups is 1. The normalized spacial score (nSPS) is 22.8. The van der Waals surface area contributed by atoms with Crippen molar-refractivity contribution >= 4 is 51.8 Å². The molecule has 8 heterocycles. The highest BCUT2D eigenvalue weighted by molar-refractivity contribution is 6.05. The van der Waals surface area contributed by atoms with E-state index in [1.165, 1.54) is 21.8 Å². The van der Waals surface area contributed by atoms with E-state index in [4.69, 9.17) is 9.97 Å². The summed E-state index contributed by atoms with van der Waals surface area (Å²) in [6, 6.07) is 15.2. The monoisotopic (exact) mass is 882 g/mol. The first-order valence-corrected chi connectivity index (χ1v) is 22.6. The third kappa shape index (κ3) is 7.05. The van der Waals surface area contributed by atoms with E-state index in [0.29, 0.717) is 77.8 Å². The van der Waals surface area contributed by atoms with Crippen LogP contribution in [-0.2, 0) is 34.7 Å². The van der Waals surface area contributed by atoms with Gasteiger partial charge in [0.2, 0.25) is 17.8 Å². The predicted molar refractivity (Wildman–Crippen MR) is 241 cm³/mol. The Balaban J connectivity index is 0.679. The Kier molecular flexibility index (Phi) is 10.1. The lowest BCUT2D eigenvalue weighted by atomic mass is 9.97. The van der Waals surface area contributed by atoms with E-state index in [-0.39, 0.29) is 48.9 Å². The molecule has 5 aliphatic heterocycles. The SMILES string of the molecule is C=CCn1c(=O)c2cnc(Nc3ccc(N4CCN(C5CN(C6CN(c7cc8c(cc7F)C(=O)N(C7CCC(=O)NC7=O)C8)C6)C5)CC4)cc3)nc2n1-c1ccc2c(n1)[C@](O)(CC)CC2. The number of likely N-dealkylation sites (tertiary alicyclic amines) is 1. The summed E-state index contributed by atoms with van der Waals surface area (Å²) >= 11 is 0. The fourth-order valence-electron chi connectivity index (χ4n) is 10.6. The van der Waals surface area contributed by atoms with Crippen molar-refractivity contribution < 1.29 is 23.9 Å². The minimum atomic E-state index is -1.00. The number of nitrogens with zero attached hydrogens (tertiary/aromatic N) is 10. The van der Waals surface area contributed by atoms with Gasteiger partial charge in [0.15, 0.2) is 11.5 Å². The van der Waals surface area contributed by atoms with Crippen molar-refractivity contribution in [2.45, 2.75) is 75.8 Å². The van der Waals surface area contributed by atoms with Crippen molar-refractivity contribution in [2.24, 2.45) is 0 Å². The number of fused-ring (bicyclic) bond motifs is 3. The van der Waals surface area contributed by atoms with Gasteiger partial charge in [0.1, 0.15) is 22.8 Å². The van der Waals surface area contributed by atoms with Crippen LogP contribution in [0.2, 0.25) is 0 Å². The van der Waals surface area contributed by atoms with E-state index in [0.717, 1.165) is 62.6 Å². The smallest absolute Gasteiger partial charge is 0.278 e. The number of carbonyl (C=O) groups is 3. The molecule has 4 fully saturated rings. The lowest BCUT2D eigenvalue weighted by Crippen LogP contribution is -2.71. The van der Waals surface area contributed by atoms with E-state index in [1.54, 1.807) is 16.8 Å². The second kappa shape index (κ2) is 15.9. The Morgan fingerprint density at radius 3 is 2.43 bits per heavy atom. The summed E-state index contributed by atoms with van der Waals surface area (Å²) in [5, 5.41) is 17.3. The molecule has 5 aromatic rings. The third-order valence-electron chi connectivity index (χ3n) is 14.5. The average molecular weight is 883 g/mol. The van der Waals surface area contributed by atoms with Crippen LogP contribution in [0.3, 0.4) is 0 Å². The summed E-state index contributed by atoms with van der Waals surface area (Å²) < 4.78 is 18.6. The first-order chi connectivity index (χ1) is 31.5. The average Bonchev–Trinajstić information content (AvgIpc) is 3.88. The maximum atomic E-state index is 15.4. The molecule has 1 aliphatic carbocycles. The zero-order chi connectivity index (χ0) is 44.7. The molecule has 0 bridgehead atoms. The van der Waals surface area contributed by atoms with Crippen molar-refractivity contribution in [2.75, 3.05) is 67.5 Å². The van der Waals surface area contributed by atoms with Crippen LogP contribution >= 0.6 is 0 Å². The van der Waals surface area contributed by atoms with E-state index >= 15 is 4.39 Å². The van der Waals surface area contributed by atoms with Crippen LogP contribution < -0.4 is 26.0 Å². The molecule has 6 aliphatic rings. The number of pyridine rings is 1. The van der Waals surface area contributed by atoms with Gasteiger partial charge >= 0.3 is 0 Å². The summed E-state index contributed by atoms with van der Waals surface area (Å²) in [6.45, 7) is 13.4. The number of piperazine rings is 1. The van der Waals surface area contributed by atoms with Crippen LogP contribution in [0.25, 0.3) is 16.9 Å². The Morgan fingerprint density at radius 2 is 1.69 bits per heavy atom. The van der Waals surface area contributed by atoms with E-state index in [1.807, 2.05) is 36.1 Å². The van der Waals surface area contributed by atoms with Crippen LogP contribution in [0, 0.1) is 5.82 Å². The molecule has 0 radical (unpaired) electrons. The minimum absolute atomic E-state index is 0.175. The number of aliphatic hydroxyl groups is 1. The molecule has 3 amide bonds. The molecular weight excluding hydrogens is 832 g/mol. The highest BCUT2D eigenvalue weighted by atomic mass is 19.1. The molecule has 0 spiro atoms. The Morgan fingerprint density at radius 1 is 0.923 bits per heavy atom. The Bertz CT molecular complexity index is 2830. The van der Waals surface area contributed by atoms with Crippen LogP contribution in [0.1, 0.15) is 59.8 Å². The molecule has 11 rings (SSSR count). The fourth-order valence-corrected chi connectivity index (χ4v) is 10.6. The van der Waals surface area contributed by atoms with Gasteiger partial charge in [-0.1, -0.05) is 19.1 Å². The van der Waals surface area contributed by atoms with Crippen molar-refractivity contribution in [3.63, 3.8) is 0 Å². The lowest BCUT2D eigenvalue weighted by Gasteiger charge is -2.55. The third-order valence-corrected chi connectivity index (χ3v) is 14.5. The number of piperidine rings is 1. The Hall–Kier alpha value is -6.50. The number of aryl methyl sites for hydroxylation is 1. The molecule has 1 unspecified atom stereocenters. The number of amides is 3. The lowest BCUT2D eigenvalue weighted by molar-refractivity contribution is -0.136. The summed E-state index contributed by atoms with van der Waals surface area (Å²) in [6.07, 6.45) is 5.55. The molecule has 18 heteroatoms. The number of aromatic nitrogens is 5. The highest BCUT2D eigenvalue weighted by Gasteiger charge is 2.44. The standard InChI is InChI=1S/C47H51FN12O5/c1-3-15-59-45(64)35-22-49-46(53-42(35)60(59)39-11-5-28-13-14-47(65,4-2)41(28)51-39)50-30-6-8-31(9-7-30)54-16-18-55(19-17-54)32-24-56(25-32)33-26-57(27-33)38-20-29-23-58(44(63)34(29)21-36(38)48)37-10-12-40(61)52-43(37)62/h3,5-9,11,20-22,32-33,37,65H,1,4,10,12-19,23-27H2,2H3,(H,49,50,53)(H,52,61,62)/t37?,47-/m0/s1. The van der Waals surface area contributed by atoms with Crippen LogP contribution in [0.15, 0.2) is 72.2 Å². The zero-order valence-electron chi connectivity index (χ0n) is 36.2. The van der Waals surface area contributed by atoms with Crippen molar-refractivity contribution in [1.29, 1.82) is 0 Å². The van der Waals surface area contributed by atoms with Gasteiger partial charge in [-0.3, -0.25) is 34.3 Å². The number of hydrogen-bond acceptors (Lipinski definition) is 13. The number of rotatable bonds is 11. The maximum absolute atomic E-state index is 15.4. The van der Waals surface area contributed by atoms with Gasteiger partial charge in [0, 0.05) is 101 Å². The first-order valence-electron chi connectivity index (χ1n) is 22.6. The van der Waals surface area contributed by atoms with Gasteiger partial charge in [0.05, 0.1) is 17.9 Å². The molecule has 336 valence electrons. The van der Waals surface area contributed by atoms with Crippen LogP contribution in [0.5, 0.6) is 0 Å². The highest BCUT2D eigenvalue weighted by Crippen LogP contribution is 2.39. The van der Waals surface area contributed by atoms with Gasteiger partial charge in [0.25, 0.3) is 11.5 Å². The topological polar surface area (TPSA) is 177 Å². The second-order valence-corrected chi connectivity index (χ2v) is 18.2. The molecule has 4 saturated heterocycles. The van der Waals surface area contributed by atoms with E-state index in [2.05, 4.69) is 49.0 Å². The van der Waals surface area contributed by atoms with Gasteiger partial charge in [-0.2, -0.15) is 4.98 Å². The maximum Gasteiger partial charge on any atom is 0.278 e. The number of benzene rings is 2. The van der Waals surface area contributed by atoms with Crippen LogP contribution in [-0.4, -0.2) is 132 Å². The van der Waals surface area contributed by atoms with E-state index < -0.39 is 23.4 Å². The number of allylic oxidation sites excluding steroid dienone is 1. The predicted octanol–water partition coefficient (Wildman–Crippen LogP) is 3.05. The molecule has 0 saturated carbocycles. The van der Waals surface area contributed by atoms with Crippen molar-refractivity contribution in [1.82, 2.24) is 44.3 Å². The number of nitrogens with one attached hydrogen (secondary N) is 2. The van der Waals surface area contributed by atoms with Gasteiger partial charge < -0.3 is 25.1 Å². The molecule has 3 aromatic heterocycles. The summed E-state index contributed by atoms with van der Waals surface area (Å²) in [4.78, 5) is 75.9. The van der Waals surface area contributed by atoms with Gasteiger partial charge in [-0.25, -0.2) is 23.7 Å². The summed E-state index contributed by atoms with van der Waals surface area (Å²) in [5.74, 6) is -0.782. The molecule has 2 atom stereocenters. The fraction of sp³-hybridized carbons (Fsp3) is 0.426. The van der Waals surface area contributed by atoms with Gasteiger partial charge in [-0.05, 0) is 79.3 Å². The molecule has 3 N–H and O–H groups in total. The number of halogens is 1. The number of hydrogen-bond donors (Lipinski definition) is 3. The quantitative estimate of drug-likeness (QED) is 0.131. The number of carbonyl (C=O) groups excluding carboxylic acids is 3. The minimum Gasteiger partial charge on any atom is -0.384 e. The Labute approximate surface area is 374 Å². The first kappa shape index (κ1) is 41.2. The van der Waals surface area contributed by atoms with E-state index in [9.17, 15) is 24.3 Å². The largest absolute Gasteiger partial charge is 0.384 e. The van der Waals surface area contributed by atoms with Crippen molar-refractivity contribution in [3.05, 3.63) is 106 Å². The molecule has 2 aromatic carbocycles. The molecule has 17 nitrogen and oxygen atoms in total. The summed E-state index contributed by atoms with van der Waals surface area (Å²) in [7, 11) is 0. The second-order valence-electron chi connectivity index (χ2n) is 18.2. The van der Waals surface area contributed by atoms with Gasteiger partial charge in [-0.15, -0.1) is 6.58 Å². The van der Waals surface area contributed by atoms with Crippen LogP contribution in [0.4, 0.5) is 27.4 Å². The van der Waals surface area contributed by atoms with Crippen molar-refractivity contribution in [3.8, 4) is 5.82 Å². The zero-order valence-corrected chi connectivity index (χ0v) is 36.2. The molecule has 65 heavy (non-hydrogen) atoms. The summed E-state index contributed by atoms with van der Waals surface area (Å²) in [5.41, 5.74) is 4.24.